The van der Waals surface area contributed by atoms with Gasteiger partial charge < -0.3 is 5.32 Å². The summed E-state index contributed by atoms with van der Waals surface area (Å²) in [5, 5.41) is 3.40. The number of rotatable bonds is 3. The van der Waals surface area contributed by atoms with E-state index in [1.165, 1.54) is 17.4 Å². The first kappa shape index (κ1) is 15.6. The quantitative estimate of drug-likeness (QED) is 0.788. The molecular formula is C18H19N5O2. The molecule has 0 aliphatic heterocycles. The standard InChI is InChI=1S/C18H19N5O2/c1-22-14-7-4-10-19-16(14)17(24)23(18(22)25)13-8-9-15(20-11-13)21-12-5-2-3-6-12/h4,7-12H,2-3,5-6H2,1H3,(H,20,21). The van der Waals surface area contributed by atoms with E-state index in [0.717, 1.165) is 23.2 Å². The molecule has 25 heavy (non-hydrogen) atoms. The van der Waals surface area contributed by atoms with Crippen LogP contribution in [0, 0.1) is 0 Å². The maximum Gasteiger partial charge on any atom is 0.336 e. The highest BCUT2D eigenvalue weighted by Crippen LogP contribution is 2.21. The fraction of sp³-hybridized carbons (Fsp3) is 0.333. The van der Waals surface area contributed by atoms with E-state index < -0.39 is 11.2 Å². The van der Waals surface area contributed by atoms with Gasteiger partial charge in [-0.2, -0.15) is 0 Å². The van der Waals surface area contributed by atoms with Crippen LogP contribution in [0.15, 0.2) is 46.2 Å². The first-order valence-corrected chi connectivity index (χ1v) is 8.45. The normalized spacial score (nSPS) is 14.9. The largest absolute Gasteiger partial charge is 0.367 e. The van der Waals surface area contributed by atoms with Crippen LogP contribution in [0.25, 0.3) is 16.7 Å². The van der Waals surface area contributed by atoms with Crippen molar-refractivity contribution >= 4 is 16.9 Å². The molecule has 0 saturated heterocycles. The molecule has 3 aromatic heterocycles. The molecule has 3 aromatic rings. The monoisotopic (exact) mass is 337 g/mol. The van der Waals surface area contributed by atoms with Crippen molar-refractivity contribution in [3.05, 3.63) is 57.5 Å². The molecule has 0 radical (unpaired) electrons. The number of fused-ring (bicyclic) bond motifs is 1. The SMILES string of the molecule is Cn1c(=O)n(-c2ccc(NC3CCCC3)nc2)c(=O)c2ncccc21. The third-order valence-electron chi connectivity index (χ3n) is 4.74. The van der Waals surface area contributed by atoms with E-state index >= 15 is 0 Å². The van der Waals surface area contributed by atoms with Crippen LogP contribution in [0.1, 0.15) is 25.7 Å². The van der Waals surface area contributed by atoms with E-state index in [2.05, 4.69) is 15.3 Å². The molecule has 1 aliphatic carbocycles. The van der Waals surface area contributed by atoms with Gasteiger partial charge in [0.2, 0.25) is 0 Å². The smallest absolute Gasteiger partial charge is 0.336 e. The molecule has 1 aliphatic rings. The Hall–Kier alpha value is -2.96. The maximum absolute atomic E-state index is 12.7. The molecule has 1 fully saturated rings. The van der Waals surface area contributed by atoms with E-state index in [4.69, 9.17) is 0 Å². The molecule has 0 unspecified atom stereocenters. The summed E-state index contributed by atoms with van der Waals surface area (Å²) in [7, 11) is 1.63. The second kappa shape index (κ2) is 6.16. The lowest BCUT2D eigenvalue weighted by atomic mass is 10.2. The molecule has 0 bridgehead atoms. The molecule has 0 atom stereocenters. The molecule has 7 nitrogen and oxygen atoms in total. The predicted octanol–water partition coefficient (Wildman–Crippen LogP) is 1.83. The van der Waals surface area contributed by atoms with Gasteiger partial charge in [0, 0.05) is 19.3 Å². The van der Waals surface area contributed by atoms with E-state index in [1.807, 2.05) is 6.07 Å². The van der Waals surface area contributed by atoms with Crippen molar-refractivity contribution in [1.29, 1.82) is 0 Å². The molecule has 128 valence electrons. The maximum atomic E-state index is 12.7. The number of aromatic nitrogens is 4. The first-order valence-electron chi connectivity index (χ1n) is 8.45. The van der Waals surface area contributed by atoms with E-state index in [-0.39, 0.29) is 5.52 Å². The van der Waals surface area contributed by atoms with Crippen LogP contribution in [0.2, 0.25) is 0 Å². The van der Waals surface area contributed by atoms with Gasteiger partial charge in [0.25, 0.3) is 5.56 Å². The van der Waals surface area contributed by atoms with Crippen molar-refractivity contribution in [3.63, 3.8) is 0 Å². The Bertz CT molecular complexity index is 1030. The van der Waals surface area contributed by atoms with Crippen molar-refractivity contribution in [2.45, 2.75) is 31.7 Å². The van der Waals surface area contributed by atoms with Gasteiger partial charge in [-0.25, -0.2) is 19.3 Å². The van der Waals surface area contributed by atoms with Crippen molar-refractivity contribution < 1.29 is 0 Å². The molecule has 1 N–H and O–H groups in total. The van der Waals surface area contributed by atoms with Gasteiger partial charge in [-0.1, -0.05) is 12.8 Å². The van der Waals surface area contributed by atoms with Crippen LogP contribution in [0.3, 0.4) is 0 Å². The lowest BCUT2D eigenvalue weighted by Crippen LogP contribution is -2.38. The summed E-state index contributed by atoms with van der Waals surface area (Å²) in [6, 6.07) is 7.42. The van der Waals surface area contributed by atoms with Gasteiger partial charge in [-0.15, -0.1) is 0 Å². The second-order valence-corrected chi connectivity index (χ2v) is 6.38. The van der Waals surface area contributed by atoms with Gasteiger partial charge >= 0.3 is 5.69 Å². The van der Waals surface area contributed by atoms with Gasteiger partial charge in [0.05, 0.1) is 17.4 Å². The van der Waals surface area contributed by atoms with E-state index in [0.29, 0.717) is 17.2 Å². The van der Waals surface area contributed by atoms with Gasteiger partial charge in [0.15, 0.2) is 5.52 Å². The van der Waals surface area contributed by atoms with Crippen LogP contribution in [-0.4, -0.2) is 25.1 Å². The number of nitrogens with one attached hydrogen (secondary N) is 1. The number of anilines is 1. The third kappa shape index (κ3) is 2.71. The highest BCUT2D eigenvalue weighted by Gasteiger charge is 2.16. The van der Waals surface area contributed by atoms with Crippen LogP contribution >= 0.6 is 0 Å². The fourth-order valence-corrected chi connectivity index (χ4v) is 3.39. The van der Waals surface area contributed by atoms with Crippen molar-refractivity contribution in [1.82, 2.24) is 19.1 Å². The number of hydrogen-bond donors (Lipinski definition) is 1. The van der Waals surface area contributed by atoms with Gasteiger partial charge in [-0.05, 0) is 37.1 Å². The average Bonchev–Trinajstić information content (AvgIpc) is 3.14. The Balaban J connectivity index is 1.77. The molecular weight excluding hydrogens is 318 g/mol. The molecule has 0 spiro atoms. The summed E-state index contributed by atoms with van der Waals surface area (Å²) in [5.41, 5.74) is 0.370. The van der Waals surface area contributed by atoms with Gasteiger partial charge in [0.1, 0.15) is 5.82 Å². The van der Waals surface area contributed by atoms with Crippen LogP contribution in [-0.2, 0) is 7.05 Å². The molecule has 4 rings (SSSR count). The lowest BCUT2D eigenvalue weighted by Gasteiger charge is -2.13. The zero-order chi connectivity index (χ0) is 17.4. The first-order chi connectivity index (χ1) is 12.1. The average molecular weight is 337 g/mol. The third-order valence-corrected chi connectivity index (χ3v) is 4.74. The number of hydrogen-bond acceptors (Lipinski definition) is 5. The minimum absolute atomic E-state index is 0.262. The molecule has 0 amide bonds. The number of aryl methyl sites for hydroxylation is 1. The molecule has 3 heterocycles. The van der Waals surface area contributed by atoms with E-state index in [9.17, 15) is 9.59 Å². The Labute approximate surface area is 144 Å². The minimum Gasteiger partial charge on any atom is -0.367 e. The summed E-state index contributed by atoms with van der Waals surface area (Å²) >= 11 is 0. The zero-order valence-corrected chi connectivity index (χ0v) is 14.0. The van der Waals surface area contributed by atoms with Crippen molar-refractivity contribution in [3.8, 4) is 5.69 Å². The van der Waals surface area contributed by atoms with Crippen LogP contribution in [0.5, 0.6) is 0 Å². The number of pyridine rings is 2. The summed E-state index contributed by atoms with van der Waals surface area (Å²) in [5.74, 6) is 0.763. The molecule has 1 saturated carbocycles. The summed E-state index contributed by atoms with van der Waals surface area (Å²) in [6.45, 7) is 0. The predicted molar refractivity (Wildman–Crippen MR) is 96.3 cm³/mol. The Kier molecular flexibility index (Phi) is 3.83. The second-order valence-electron chi connectivity index (χ2n) is 6.38. The fourth-order valence-electron chi connectivity index (χ4n) is 3.39. The summed E-state index contributed by atoms with van der Waals surface area (Å²) < 4.78 is 2.54. The molecule has 7 heteroatoms. The minimum atomic E-state index is -0.433. The summed E-state index contributed by atoms with van der Waals surface area (Å²) in [6.07, 6.45) is 7.89. The Morgan fingerprint density at radius 3 is 2.64 bits per heavy atom. The van der Waals surface area contributed by atoms with Crippen LogP contribution in [0.4, 0.5) is 5.82 Å². The highest BCUT2D eigenvalue weighted by molar-refractivity contribution is 5.73. The van der Waals surface area contributed by atoms with Gasteiger partial charge in [-0.3, -0.25) is 9.36 Å². The zero-order valence-electron chi connectivity index (χ0n) is 14.0. The molecule has 0 aromatic carbocycles. The van der Waals surface area contributed by atoms with E-state index in [1.54, 1.807) is 37.6 Å². The Morgan fingerprint density at radius 2 is 1.92 bits per heavy atom. The summed E-state index contributed by atoms with van der Waals surface area (Å²) in [4.78, 5) is 33.8. The number of nitrogens with zero attached hydrogens (tertiary/aromatic N) is 4. The lowest BCUT2D eigenvalue weighted by molar-refractivity contribution is 0.748. The topological polar surface area (TPSA) is 81.8 Å². The Morgan fingerprint density at radius 1 is 1.12 bits per heavy atom. The van der Waals surface area contributed by atoms with Crippen LogP contribution < -0.4 is 16.6 Å². The van der Waals surface area contributed by atoms with Crippen molar-refractivity contribution in [2.75, 3.05) is 5.32 Å². The van der Waals surface area contributed by atoms with Crippen molar-refractivity contribution in [2.24, 2.45) is 7.05 Å². The highest BCUT2D eigenvalue weighted by atomic mass is 16.2.